The van der Waals surface area contributed by atoms with Gasteiger partial charge in [-0.15, -0.1) is 5.06 Å². The Kier molecular flexibility index (Phi) is 9.46. The van der Waals surface area contributed by atoms with E-state index < -0.39 is 6.16 Å². The molecule has 1 heterocycles. The van der Waals surface area contributed by atoms with Crippen molar-refractivity contribution in [2.45, 2.75) is 84.2 Å². The van der Waals surface area contributed by atoms with E-state index in [4.69, 9.17) is 9.57 Å². The number of rotatable bonds is 9. The third-order valence-electron chi connectivity index (χ3n) is 3.87. The second-order valence-electron chi connectivity index (χ2n) is 5.68. The van der Waals surface area contributed by atoms with Crippen LogP contribution in [-0.2, 0) is 9.57 Å². The quantitative estimate of drug-likeness (QED) is 0.455. The van der Waals surface area contributed by atoms with E-state index in [9.17, 15) is 4.79 Å². The smallest absolute Gasteiger partial charge is 0.430 e. The first-order valence-electron chi connectivity index (χ1n) is 8.39. The van der Waals surface area contributed by atoms with E-state index in [0.717, 1.165) is 45.2 Å². The van der Waals surface area contributed by atoms with E-state index in [1.165, 1.54) is 32.1 Å². The van der Waals surface area contributed by atoms with Gasteiger partial charge >= 0.3 is 6.16 Å². The number of ether oxygens (including phenoxy) is 1. The Bertz CT molecular complexity index is 252. The molecule has 118 valence electrons. The molecule has 0 N–H and O–H groups in total. The van der Waals surface area contributed by atoms with Crippen molar-refractivity contribution in [3.05, 3.63) is 0 Å². The second kappa shape index (κ2) is 11.0. The van der Waals surface area contributed by atoms with Crippen molar-refractivity contribution in [1.29, 1.82) is 0 Å². The summed E-state index contributed by atoms with van der Waals surface area (Å²) in [6, 6.07) is 0. The van der Waals surface area contributed by atoms with Gasteiger partial charge < -0.3 is 9.57 Å². The van der Waals surface area contributed by atoms with Crippen molar-refractivity contribution < 1.29 is 14.4 Å². The fourth-order valence-electron chi connectivity index (χ4n) is 2.54. The number of piperidine rings is 1. The number of hydrogen-bond acceptors (Lipinski definition) is 4. The molecule has 1 atom stereocenters. The number of hydroxylamine groups is 2. The Hall–Kier alpha value is -0.770. The molecule has 1 fully saturated rings. The van der Waals surface area contributed by atoms with Crippen LogP contribution in [0.1, 0.15) is 78.1 Å². The third-order valence-corrected chi connectivity index (χ3v) is 3.87. The van der Waals surface area contributed by atoms with Gasteiger partial charge in [0, 0.05) is 13.1 Å². The van der Waals surface area contributed by atoms with Gasteiger partial charge in [0.2, 0.25) is 0 Å². The molecule has 0 aromatic heterocycles. The summed E-state index contributed by atoms with van der Waals surface area (Å²) in [5, 5.41) is 1.74. The van der Waals surface area contributed by atoms with Gasteiger partial charge in [0.25, 0.3) is 0 Å². The Labute approximate surface area is 123 Å². The van der Waals surface area contributed by atoms with Crippen molar-refractivity contribution in [2.24, 2.45) is 0 Å². The lowest BCUT2D eigenvalue weighted by Crippen LogP contribution is -2.33. The first kappa shape index (κ1) is 17.3. The number of carbonyl (C=O) groups excluding carboxylic acids is 1. The molecular weight excluding hydrogens is 254 g/mol. The summed E-state index contributed by atoms with van der Waals surface area (Å²) in [6.45, 7) is 5.95. The lowest BCUT2D eigenvalue weighted by molar-refractivity contribution is -0.144. The van der Waals surface area contributed by atoms with Gasteiger partial charge in [0.1, 0.15) is 6.10 Å². The fourth-order valence-corrected chi connectivity index (χ4v) is 2.54. The highest BCUT2D eigenvalue weighted by atomic mass is 16.8. The van der Waals surface area contributed by atoms with E-state index in [1.807, 2.05) is 0 Å². The maximum Gasteiger partial charge on any atom is 0.528 e. The van der Waals surface area contributed by atoms with Crippen LogP contribution in [0.2, 0.25) is 0 Å². The summed E-state index contributed by atoms with van der Waals surface area (Å²) in [4.78, 5) is 17.0. The topological polar surface area (TPSA) is 38.8 Å². The van der Waals surface area contributed by atoms with Crippen molar-refractivity contribution in [3.63, 3.8) is 0 Å². The van der Waals surface area contributed by atoms with Crippen LogP contribution in [0.3, 0.4) is 0 Å². The minimum Gasteiger partial charge on any atom is -0.430 e. The van der Waals surface area contributed by atoms with Crippen LogP contribution < -0.4 is 0 Å². The molecule has 1 saturated heterocycles. The van der Waals surface area contributed by atoms with Crippen LogP contribution in [0.4, 0.5) is 4.79 Å². The van der Waals surface area contributed by atoms with Crippen LogP contribution in [0, 0.1) is 0 Å². The average Bonchev–Trinajstić information content (AvgIpc) is 2.46. The molecule has 20 heavy (non-hydrogen) atoms. The number of hydrogen-bond donors (Lipinski definition) is 0. The Balaban J connectivity index is 2.12. The van der Waals surface area contributed by atoms with E-state index >= 15 is 0 Å². The van der Waals surface area contributed by atoms with Crippen molar-refractivity contribution in [3.8, 4) is 0 Å². The summed E-state index contributed by atoms with van der Waals surface area (Å²) in [6.07, 6.45) is 10.9. The van der Waals surface area contributed by atoms with Gasteiger partial charge in [0.15, 0.2) is 0 Å². The van der Waals surface area contributed by atoms with Crippen LogP contribution in [-0.4, -0.2) is 30.4 Å². The number of nitrogens with zero attached hydrogens (tertiary/aromatic N) is 1. The van der Waals surface area contributed by atoms with Crippen LogP contribution in [0.15, 0.2) is 0 Å². The molecule has 1 unspecified atom stereocenters. The highest BCUT2D eigenvalue weighted by Gasteiger charge is 2.19. The molecule has 1 rings (SSSR count). The van der Waals surface area contributed by atoms with Crippen LogP contribution in [0.5, 0.6) is 0 Å². The van der Waals surface area contributed by atoms with Gasteiger partial charge in [-0.05, 0) is 32.1 Å². The molecule has 1 aliphatic rings. The highest BCUT2D eigenvalue weighted by molar-refractivity contribution is 5.59. The Morgan fingerprint density at radius 3 is 2.40 bits per heavy atom. The Morgan fingerprint density at radius 2 is 1.75 bits per heavy atom. The summed E-state index contributed by atoms with van der Waals surface area (Å²) in [5.41, 5.74) is 0. The van der Waals surface area contributed by atoms with Crippen LogP contribution >= 0.6 is 0 Å². The van der Waals surface area contributed by atoms with Crippen molar-refractivity contribution in [1.82, 2.24) is 5.06 Å². The Morgan fingerprint density at radius 1 is 1.05 bits per heavy atom. The molecule has 4 heteroatoms. The molecule has 1 aliphatic heterocycles. The monoisotopic (exact) mass is 285 g/mol. The number of unbranched alkanes of at least 4 members (excludes halogenated alkanes) is 4. The number of carbonyl (C=O) groups is 1. The molecule has 0 spiro atoms. The summed E-state index contributed by atoms with van der Waals surface area (Å²) >= 11 is 0. The van der Waals surface area contributed by atoms with E-state index in [2.05, 4.69) is 13.8 Å². The molecule has 0 aromatic carbocycles. The molecule has 0 radical (unpaired) electrons. The van der Waals surface area contributed by atoms with Crippen molar-refractivity contribution in [2.75, 3.05) is 13.1 Å². The minimum absolute atomic E-state index is 0.00826. The first-order valence-corrected chi connectivity index (χ1v) is 8.39. The summed E-state index contributed by atoms with van der Waals surface area (Å²) < 4.78 is 5.41. The van der Waals surface area contributed by atoms with E-state index in [-0.39, 0.29) is 6.10 Å². The second-order valence-corrected chi connectivity index (χ2v) is 5.68. The van der Waals surface area contributed by atoms with Gasteiger partial charge in [-0.1, -0.05) is 46.0 Å². The zero-order chi connectivity index (χ0) is 14.6. The van der Waals surface area contributed by atoms with Gasteiger partial charge in [0.05, 0.1) is 0 Å². The van der Waals surface area contributed by atoms with Gasteiger partial charge in [-0.3, -0.25) is 0 Å². The highest BCUT2D eigenvalue weighted by Crippen LogP contribution is 2.14. The maximum atomic E-state index is 11.7. The zero-order valence-electron chi connectivity index (χ0n) is 13.2. The predicted molar refractivity (Wildman–Crippen MR) is 80.4 cm³/mol. The molecule has 0 aliphatic carbocycles. The maximum absolute atomic E-state index is 11.7. The SMILES string of the molecule is CCCCCCCC(CC)OC(=O)ON1CCCCC1. The first-order chi connectivity index (χ1) is 9.76. The molecule has 0 bridgehead atoms. The van der Waals surface area contributed by atoms with E-state index in [0.29, 0.717) is 0 Å². The van der Waals surface area contributed by atoms with Crippen molar-refractivity contribution >= 4 is 6.16 Å². The lowest BCUT2D eigenvalue weighted by Gasteiger charge is -2.25. The van der Waals surface area contributed by atoms with Gasteiger partial charge in [-0.2, -0.15) is 0 Å². The minimum atomic E-state index is -0.521. The largest absolute Gasteiger partial charge is 0.528 e. The summed E-state index contributed by atoms with van der Waals surface area (Å²) in [7, 11) is 0. The standard InChI is InChI=1S/C16H31NO3/c1-3-5-6-7-9-12-15(4-2)19-16(18)20-17-13-10-8-11-14-17/h15H,3-14H2,1-2H3. The fraction of sp³-hybridized carbons (Fsp3) is 0.938. The van der Waals surface area contributed by atoms with E-state index in [1.54, 1.807) is 5.06 Å². The van der Waals surface area contributed by atoms with Gasteiger partial charge in [-0.25, -0.2) is 4.79 Å². The van der Waals surface area contributed by atoms with Crippen LogP contribution in [0.25, 0.3) is 0 Å². The molecule has 0 aromatic rings. The summed E-state index contributed by atoms with van der Waals surface area (Å²) in [5.74, 6) is 0. The normalized spacial score (nSPS) is 17.7. The lowest BCUT2D eigenvalue weighted by atomic mass is 10.1. The zero-order valence-corrected chi connectivity index (χ0v) is 13.2. The third kappa shape index (κ3) is 7.73. The molecule has 4 nitrogen and oxygen atoms in total. The average molecular weight is 285 g/mol. The molecule has 0 amide bonds. The molecule has 0 saturated carbocycles. The predicted octanol–water partition coefficient (Wildman–Crippen LogP) is 4.68. The molecular formula is C16H31NO3.